The number of anilines is 1. The first-order valence-corrected chi connectivity index (χ1v) is 9.60. The summed E-state index contributed by atoms with van der Waals surface area (Å²) in [6.07, 6.45) is 3.66. The first kappa shape index (κ1) is 17.9. The van der Waals surface area contributed by atoms with Gasteiger partial charge in [-0.3, -0.25) is 4.79 Å². The molecule has 1 aromatic carbocycles. The Bertz CT molecular complexity index is 1090. The average Bonchev–Trinajstić information content (AvgIpc) is 3.31. The fraction of sp³-hybridized carbons (Fsp3) is 0.350. The normalized spacial score (nSPS) is 22.0. The highest BCUT2D eigenvalue weighted by molar-refractivity contribution is 5.99. The van der Waals surface area contributed by atoms with E-state index in [2.05, 4.69) is 15.4 Å². The molecule has 3 aromatic rings. The summed E-state index contributed by atoms with van der Waals surface area (Å²) in [6, 6.07) is 5.92. The number of aliphatic hydroxyl groups is 1. The van der Waals surface area contributed by atoms with Crippen LogP contribution in [0.15, 0.2) is 36.7 Å². The number of amides is 1. The molecule has 9 heteroatoms. The predicted molar refractivity (Wildman–Crippen MR) is 103 cm³/mol. The molecular formula is C20H20FN5O3. The summed E-state index contributed by atoms with van der Waals surface area (Å²) >= 11 is 0. The van der Waals surface area contributed by atoms with E-state index in [-0.39, 0.29) is 17.8 Å². The van der Waals surface area contributed by atoms with E-state index >= 15 is 0 Å². The summed E-state index contributed by atoms with van der Waals surface area (Å²) in [5, 5.41) is 17.4. The van der Waals surface area contributed by atoms with Crippen LogP contribution in [0.1, 0.15) is 34.8 Å². The number of aliphatic hydroxyl groups excluding tert-OH is 1. The number of hydrogen-bond acceptors (Lipinski definition) is 6. The van der Waals surface area contributed by atoms with E-state index in [0.717, 1.165) is 0 Å². The number of carbonyl (C=O) groups excluding carboxylic acids is 1. The van der Waals surface area contributed by atoms with Gasteiger partial charge in [-0.25, -0.2) is 13.9 Å². The van der Waals surface area contributed by atoms with Gasteiger partial charge in [0.25, 0.3) is 5.91 Å². The molecule has 1 saturated heterocycles. The second-order valence-corrected chi connectivity index (χ2v) is 7.31. The number of hydrogen-bond donors (Lipinski definition) is 2. The van der Waals surface area contributed by atoms with E-state index in [4.69, 9.17) is 4.74 Å². The molecule has 0 radical (unpaired) electrons. The van der Waals surface area contributed by atoms with Crippen LogP contribution in [-0.2, 0) is 0 Å². The van der Waals surface area contributed by atoms with E-state index in [0.29, 0.717) is 60.9 Å². The Morgan fingerprint density at radius 1 is 1.31 bits per heavy atom. The number of rotatable bonds is 0. The number of benzene rings is 1. The van der Waals surface area contributed by atoms with Crippen molar-refractivity contribution in [2.24, 2.45) is 0 Å². The zero-order valence-corrected chi connectivity index (χ0v) is 15.6. The zero-order valence-electron chi connectivity index (χ0n) is 15.6. The van der Waals surface area contributed by atoms with Crippen molar-refractivity contribution >= 4 is 17.4 Å². The number of halogens is 1. The maximum Gasteiger partial charge on any atom is 0.256 e. The van der Waals surface area contributed by atoms with Gasteiger partial charge in [-0.05, 0) is 37.1 Å². The van der Waals surface area contributed by atoms with Crippen molar-refractivity contribution in [2.45, 2.75) is 25.0 Å². The number of carbonyl (C=O) groups is 1. The largest absolute Gasteiger partial charge is 0.493 e. The molecule has 0 saturated carbocycles. The summed E-state index contributed by atoms with van der Waals surface area (Å²) in [6.45, 7) is 1.15. The van der Waals surface area contributed by atoms with Crippen LogP contribution < -0.4 is 15.0 Å². The van der Waals surface area contributed by atoms with Crippen LogP contribution in [0.25, 0.3) is 5.65 Å². The van der Waals surface area contributed by atoms with E-state index in [1.165, 1.54) is 18.3 Å². The highest BCUT2D eigenvalue weighted by Gasteiger charge is 2.35. The quantitative estimate of drug-likeness (QED) is 0.600. The van der Waals surface area contributed by atoms with Gasteiger partial charge < -0.3 is 20.1 Å². The fourth-order valence-corrected chi connectivity index (χ4v) is 4.00. The lowest BCUT2D eigenvalue weighted by Crippen LogP contribution is -2.28. The van der Waals surface area contributed by atoms with E-state index in [1.807, 2.05) is 4.90 Å². The highest BCUT2D eigenvalue weighted by atomic mass is 19.1. The lowest BCUT2D eigenvalue weighted by atomic mass is 10.0. The standard InChI is InChI=1S/C20H20FN5O3/c21-12-2-3-17-14(8-12)16-9-13(27)11-25(16)18-4-6-26-19(24-18)15(10-23-26)20(28)22-5-1-7-29-17/h2-4,6,8,10,13,16,27H,1,5,7,9,11H2,(H,22,28)/t13-,16-/m1/s1. The summed E-state index contributed by atoms with van der Waals surface area (Å²) in [5.74, 6) is 0.552. The van der Waals surface area contributed by atoms with Crippen molar-refractivity contribution in [3.8, 4) is 5.75 Å². The summed E-state index contributed by atoms with van der Waals surface area (Å²) in [7, 11) is 0. The van der Waals surface area contributed by atoms with E-state index in [9.17, 15) is 14.3 Å². The van der Waals surface area contributed by atoms with Gasteiger partial charge in [0.2, 0.25) is 0 Å². The maximum absolute atomic E-state index is 14.1. The lowest BCUT2D eigenvalue weighted by Gasteiger charge is -2.27. The molecule has 0 aliphatic carbocycles. The molecule has 29 heavy (non-hydrogen) atoms. The van der Waals surface area contributed by atoms with Crippen LogP contribution >= 0.6 is 0 Å². The maximum atomic E-state index is 14.1. The Balaban J connectivity index is 1.66. The van der Waals surface area contributed by atoms with Crippen LogP contribution in [0.5, 0.6) is 5.75 Å². The molecule has 0 spiro atoms. The van der Waals surface area contributed by atoms with Crippen LogP contribution in [0.2, 0.25) is 0 Å². The van der Waals surface area contributed by atoms with Crippen LogP contribution in [0, 0.1) is 5.82 Å². The van der Waals surface area contributed by atoms with Gasteiger partial charge in [0.15, 0.2) is 5.65 Å². The number of nitrogens with one attached hydrogen (secondary N) is 1. The molecule has 2 aromatic heterocycles. The predicted octanol–water partition coefficient (Wildman–Crippen LogP) is 1.69. The Morgan fingerprint density at radius 3 is 3.10 bits per heavy atom. The Kier molecular flexibility index (Phi) is 4.31. The summed E-state index contributed by atoms with van der Waals surface area (Å²) in [4.78, 5) is 19.1. The van der Waals surface area contributed by atoms with Gasteiger partial charge in [-0.1, -0.05) is 0 Å². The molecule has 4 heterocycles. The Morgan fingerprint density at radius 2 is 2.21 bits per heavy atom. The van der Waals surface area contributed by atoms with E-state index < -0.39 is 6.10 Å². The van der Waals surface area contributed by atoms with Gasteiger partial charge in [0, 0.05) is 24.8 Å². The molecule has 2 N–H and O–H groups in total. The van der Waals surface area contributed by atoms with Crippen molar-refractivity contribution in [1.82, 2.24) is 19.9 Å². The molecule has 5 rings (SSSR count). The topological polar surface area (TPSA) is 92.0 Å². The summed E-state index contributed by atoms with van der Waals surface area (Å²) < 4.78 is 21.5. The Labute approximate surface area is 165 Å². The lowest BCUT2D eigenvalue weighted by molar-refractivity contribution is 0.0953. The SMILES string of the molecule is O=C1NCCCOc2ccc(F)cc2[C@H]2C[C@@H](O)CN2c2ccn3ncc1c3n2. The van der Waals surface area contributed by atoms with Gasteiger partial charge in [0.1, 0.15) is 22.9 Å². The zero-order chi connectivity index (χ0) is 20.0. The number of nitrogens with zero attached hydrogens (tertiary/aromatic N) is 4. The smallest absolute Gasteiger partial charge is 0.256 e. The third-order valence-electron chi connectivity index (χ3n) is 5.37. The van der Waals surface area contributed by atoms with Gasteiger partial charge in [-0.2, -0.15) is 5.10 Å². The van der Waals surface area contributed by atoms with Gasteiger partial charge >= 0.3 is 0 Å². The van der Waals surface area contributed by atoms with Gasteiger partial charge in [-0.15, -0.1) is 0 Å². The molecule has 1 fully saturated rings. The second kappa shape index (κ2) is 7.00. The minimum Gasteiger partial charge on any atom is -0.493 e. The average molecular weight is 397 g/mol. The molecule has 2 aliphatic rings. The third kappa shape index (κ3) is 3.17. The Hall–Kier alpha value is -3.20. The number of aromatic nitrogens is 3. The minimum absolute atomic E-state index is 0.248. The van der Waals surface area contributed by atoms with Crippen LogP contribution in [0.3, 0.4) is 0 Å². The molecular weight excluding hydrogens is 377 g/mol. The molecule has 150 valence electrons. The highest BCUT2D eigenvalue weighted by Crippen LogP contribution is 2.40. The van der Waals surface area contributed by atoms with E-state index in [1.54, 1.807) is 22.8 Å². The van der Waals surface area contributed by atoms with Crippen LogP contribution in [0.4, 0.5) is 10.2 Å². The number of ether oxygens (including phenoxy) is 1. The van der Waals surface area contributed by atoms with Crippen molar-refractivity contribution in [1.29, 1.82) is 0 Å². The molecule has 8 nitrogen and oxygen atoms in total. The number of fused-ring (bicyclic) bond motifs is 5. The summed E-state index contributed by atoms with van der Waals surface area (Å²) in [5.41, 5.74) is 1.50. The first-order chi connectivity index (χ1) is 14.1. The molecule has 0 unspecified atom stereocenters. The monoisotopic (exact) mass is 397 g/mol. The van der Waals surface area contributed by atoms with Crippen molar-refractivity contribution in [3.05, 3.63) is 53.6 Å². The molecule has 1 amide bonds. The minimum atomic E-state index is -0.586. The third-order valence-corrected chi connectivity index (χ3v) is 5.37. The molecule has 2 bridgehead atoms. The van der Waals surface area contributed by atoms with Crippen molar-refractivity contribution < 1.29 is 19.0 Å². The van der Waals surface area contributed by atoms with Crippen molar-refractivity contribution in [2.75, 3.05) is 24.6 Å². The molecule has 2 aliphatic heterocycles. The second-order valence-electron chi connectivity index (χ2n) is 7.31. The fourth-order valence-electron chi connectivity index (χ4n) is 4.00. The molecule has 2 atom stereocenters. The first-order valence-electron chi connectivity index (χ1n) is 9.60. The van der Waals surface area contributed by atoms with Gasteiger partial charge in [0.05, 0.1) is 24.9 Å². The van der Waals surface area contributed by atoms with Crippen molar-refractivity contribution in [3.63, 3.8) is 0 Å². The van der Waals surface area contributed by atoms with Crippen LogP contribution in [-0.4, -0.2) is 51.4 Å².